The second-order valence-electron chi connectivity index (χ2n) is 5.20. The van der Waals surface area contributed by atoms with Gasteiger partial charge in [0.15, 0.2) is 0 Å². The number of nitrogens with one attached hydrogen (secondary N) is 1. The molecule has 1 fully saturated rings. The maximum atomic E-state index is 12.1. The lowest BCUT2D eigenvalue weighted by Gasteiger charge is -2.15. The highest BCUT2D eigenvalue weighted by Crippen LogP contribution is 2.42. The van der Waals surface area contributed by atoms with E-state index in [2.05, 4.69) is 15.5 Å². The highest BCUT2D eigenvalue weighted by Gasteiger charge is 2.28. The van der Waals surface area contributed by atoms with Crippen LogP contribution in [0.25, 0.3) is 0 Å². The highest BCUT2D eigenvalue weighted by molar-refractivity contribution is 7.15. The Bertz CT molecular complexity index is 682. The van der Waals surface area contributed by atoms with Gasteiger partial charge >= 0.3 is 0 Å². The van der Waals surface area contributed by atoms with Gasteiger partial charge in [0.1, 0.15) is 5.01 Å². The van der Waals surface area contributed by atoms with Crippen LogP contribution >= 0.6 is 34.5 Å². The van der Waals surface area contributed by atoms with Crippen molar-refractivity contribution in [2.45, 2.75) is 18.8 Å². The van der Waals surface area contributed by atoms with Gasteiger partial charge in [-0.1, -0.05) is 40.6 Å². The van der Waals surface area contributed by atoms with Crippen LogP contribution in [0.2, 0.25) is 10.0 Å². The van der Waals surface area contributed by atoms with E-state index in [9.17, 15) is 4.79 Å². The average Bonchev–Trinajstić information content (AvgIpc) is 3.20. The Morgan fingerprint density at radius 3 is 2.68 bits per heavy atom. The molecule has 1 heterocycles. The van der Waals surface area contributed by atoms with E-state index in [1.54, 1.807) is 23.1 Å². The van der Waals surface area contributed by atoms with Crippen molar-refractivity contribution in [1.29, 1.82) is 0 Å². The summed E-state index contributed by atoms with van der Waals surface area (Å²) in [6.07, 6.45) is 2.37. The van der Waals surface area contributed by atoms with Crippen LogP contribution in [0.3, 0.4) is 0 Å². The van der Waals surface area contributed by atoms with Gasteiger partial charge in [0, 0.05) is 13.0 Å². The summed E-state index contributed by atoms with van der Waals surface area (Å²) in [5, 5.41) is 13.7. The van der Waals surface area contributed by atoms with Crippen molar-refractivity contribution in [2.75, 3.05) is 23.8 Å². The summed E-state index contributed by atoms with van der Waals surface area (Å²) in [6.45, 7) is 0.154. The molecule has 1 aromatic carbocycles. The minimum absolute atomic E-state index is 0.154. The van der Waals surface area contributed by atoms with Gasteiger partial charge in [-0.15, -0.1) is 10.2 Å². The lowest BCUT2D eigenvalue weighted by Crippen LogP contribution is -2.30. The SMILES string of the molecule is CN(CC(=O)Nc1c(Cl)cccc1Cl)c1nnc(C2CC2)s1. The Labute approximate surface area is 142 Å². The van der Waals surface area contributed by atoms with Gasteiger partial charge < -0.3 is 10.2 Å². The molecule has 1 aromatic heterocycles. The minimum Gasteiger partial charge on any atom is -0.340 e. The lowest BCUT2D eigenvalue weighted by atomic mass is 10.3. The number of carbonyl (C=O) groups is 1. The van der Waals surface area contributed by atoms with Gasteiger partial charge in [0.05, 0.1) is 22.3 Å². The Balaban J connectivity index is 1.63. The van der Waals surface area contributed by atoms with Crippen LogP contribution in [0.5, 0.6) is 0 Å². The fraction of sp³-hybridized carbons (Fsp3) is 0.357. The van der Waals surface area contributed by atoms with E-state index < -0.39 is 0 Å². The maximum absolute atomic E-state index is 12.1. The number of hydrogen-bond acceptors (Lipinski definition) is 5. The number of anilines is 2. The van der Waals surface area contributed by atoms with Crippen LogP contribution in [-0.4, -0.2) is 29.7 Å². The van der Waals surface area contributed by atoms with Crippen LogP contribution in [-0.2, 0) is 4.79 Å². The quantitative estimate of drug-likeness (QED) is 0.884. The number of halogens is 2. The Morgan fingerprint density at radius 2 is 2.05 bits per heavy atom. The fourth-order valence-electron chi connectivity index (χ4n) is 1.96. The molecule has 0 spiro atoms. The van der Waals surface area contributed by atoms with E-state index >= 15 is 0 Å². The van der Waals surface area contributed by atoms with Crippen molar-refractivity contribution < 1.29 is 4.79 Å². The Morgan fingerprint density at radius 1 is 1.36 bits per heavy atom. The molecule has 3 rings (SSSR count). The normalized spacial score (nSPS) is 14.0. The molecule has 5 nitrogen and oxygen atoms in total. The van der Waals surface area contributed by atoms with Crippen molar-refractivity contribution in [3.05, 3.63) is 33.3 Å². The molecule has 0 bridgehead atoms. The van der Waals surface area contributed by atoms with Crippen molar-refractivity contribution >= 4 is 51.3 Å². The number of para-hydroxylation sites is 1. The summed E-state index contributed by atoms with van der Waals surface area (Å²) in [5.41, 5.74) is 0.431. The first kappa shape index (κ1) is 15.5. The smallest absolute Gasteiger partial charge is 0.244 e. The number of nitrogens with zero attached hydrogens (tertiary/aromatic N) is 3. The van der Waals surface area contributed by atoms with E-state index in [1.165, 1.54) is 24.2 Å². The van der Waals surface area contributed by atoms with Gasteiger partial charge in [-0.05, 0) is 25.0 Å². The number of amides is 1. The number of carbonyl (C=O) groups excluding carboxylic acids is 1. The fourth-order valence-corrected chi connectivity index (χ4v) is 3.42. The molecule has 1 saturated carbocycles. The molecule has 0 unspecified atom stereocenters. The molecule has 1 amide bonds. The van der Waals surface area contributed by atoms with Gasteiger partial charge in [-0.2, -0.15) is 0 Å². The first-order chi connectivity index (χ1) is 10.5. The molecular weight excluding hydrogens is 343 g/mol. The Hall–Kier alpha value is -1.37. The second-order valence-corrected chi connectivity index (χ2v) is 7.00. The summed E-state index contributed by atoms with van der Waals surface area (Å²) in [4.78, 5) is 13.9. The van der Waals surface area contributed by atoms with E-state index in [0.29, 0.717) is 21.7 Å². The molecule has 116 valence electrons. The van der Waals surface area contributed by atoms with Crippen molar-refractivity contribution in [3.63, 3.8) is 0 Å². The zero-order valence-electron chi connectivity index (χ0n) is 11.8. The van der Waals surface area contributed by atoms with Crippen molar-refractivity contribution in [2.24, 2.45) is 0 Å². The predicted octanol–water partition coefficient (Wildman–Crippen LogP) is 3.80. The first-order valence-corrected chi connectivity index (χ1v) is 8.40. The zero-order valence-corrected chi connectivity index (χ0v) is 14.2. The predicted molar refractivity (Wildman–Crippen MR) is 90.2 cm³/mol. The van der Waals surface area contributed by atoms with Crippen LogP contribution in [0.4, 0.5) is 10.8 Å². The molecule has 0 radical (unpaired) electrons. The van der Waals surface area contributed by atoms with Crippen LogP contribution < -0.4 is 10.2 Å². The van der Waals surface area contributed by atoms with E-state index in [0.717, 1.165) is 10.1 Å². The summed E-state index contributed by atoms with van der Waals surface area (Å²) in [7, 11) is 1.81. The minimum atomic E-state index is -0.208. The average molecular weight is 357 g/mol. The van der Waals surface area contributed by atoms with Gasteiger partial charge in [0.25, 0.3) is 0 Å². The summed E-state index contributed by atoms with van der Waals surface area (Å²) in [5.74, 6) is 0.357. The summed E-state index contributed by atoms with van der Waals surface area (Å²) in [6, 6.07) is 5.09. The number of likely N-dealkylation sites (N-methyl/N-ethyl adjacent to an activating group) is 1. The maximum Gasteiger partial charge on any atom is 0.244 e. The monoisotopic (exact) mass is 356 g/mol. The number of hydrogen-bond donors (Lipinski definition) is 1. The van der Waals surface area contributed by atoms with Gasteiger partial charge in [-0.3, -0.25) is 4.79 Å². The van der Waals surface area contributed by atoms with Crippen molar-refractivity contribution in [1.82, 2.24) is 10.2 Å². The third kappa shape index (κ3) is 3.51. The third-order valence-electron chi connectivity index (χ3n) is 3.29. The second kappa shape index (κ2) is 6.40. The molecular formula is C14H14Cl2N4OS. The number of rotatable bonds is 5. The Kier molecular flexibility index (Phi) is 4.52. The van der Waals surface area contributed by atoms with E-state index in [-0.39, 0.29) is 12.5 Å². The van der Waals surface area contributed by atoms with Crippen LogP contribution in [0.1, 0.15) is 23.8 Å². The molecule has 0 aliphatic heterocycles. The van der Waals surface area contributed by atoms with Gasteiger partial charge in [0.2, 0.25) is 11.0 Å². The largest absolute Gasteiger partial charge is 0.340 e. The van der Waals surface area contributed by atoms with Crippen LogP contribution in [0, 0.1) is 0 Å². The third-order valence-corrected chi connectivity index (χ3v) is 5.12. The first-order valence-electron chi connectivity index (χ1n) is 6.83. The molecule has 1 aliphatic carbocycles. The van der Waals surface area contributed by atoms with Crippen molar-refractivity contribution in [3.8, 4) is 0 Å². The van der Waals surface area contributed by atoms with E-state index in [1.807, 2.05) is 7.05 Å². The summed E-state index contributed by atoms with van der Waals surface area (Å²) >= 11 is 13.6. The molecule has 0 saturated heterocycles. The number of aromatic nitrogens is 2. The lowest BCUT2D eigenvalue weighted by molar-refractivity contribution is -0.114. The molecule has 1 aliphatic rings. The molecule has 2 aromatic rings. The number of benzene rings is 1. The topological polar surface area (TPSA) is 58.1 Å². The molecule has 1 N–H and O–H groups in total. The molecule has 0 atom stereocenters. The van der Waals surface area contributed by atoms with Crippen LogP contribution in [0.15, 0.2) is 18.2 Å². The molecule has 22 heavy (non-hydrogen) atoms. The standard InChI is InChI=1S/C14H14Cl2N4OS/c1-20(14-19-18-13(22-14)8-5-6-8)7-11(21)17-12-9(15)3-2-4-10(12)16/h2-4,8H,5-7H2,1H3,(H,17,21). The summed E-state index contributed by atoms with van der Waals surface area (Å²) < 4.78 is 0. The van der Waals surface area contributed by atoms with E-state index in [4.69, 9.17) is 23.2 Å². The highest BCUT2D eigenvalue weighted by atomic mass is 35.5. The zero-order chi connectivity index (χ0) is 15.7. The molecule has 8 heteroatoms. The van der Waals surface area contributed by atoms with Gasteiger partial charge in [-0.25, -0.2) is 0 Å².